The Labute approximate surface area is 74.7 Å². The first kappa shape index (κ1) is 9.96. The molecule has 0 heterocycles. The number of methoxy groups -OCH3 is 1. The van der Waals surface area contributed by atoms with E-state index < -0.39 is 0 Å². The molecule has 3 heteroatoms. The van der Waals surface area contributed by atoms with Crippen LogP contribution in [0, 0.1) is 0 Å². The molecule has 2 unspecified atom stereocenters. The normalized spacial score (nSPS) is 36.8. The Morgan fingerprint density at radius 1 is 1.67 bits per heavy atom. The molecule has 0 aromatic carbocycles. The SMILES string of the molecule is CNC1(CN)CCCC(OC)C1. The molecule has 1 fully saturated rings. The number of nitrogens with two attached hydrogens (primary N) is 1. The van der Waals surface area contributed by atoms with Gasteiger partial charge in [0.2, 0.25) is 0 Å². The second-order valence-corrected chi connectivity index (χ2v) is 3.69. The second kappa shape index (κ2) is 4.21. The number of hydrogen-bond acceptors (Lipinski definition) is 3. The second-order valence-electron chi connectivity index (χ2n) is 3.69. The summed E-state index contributed by atoms with van der Waals surface area (Å²) in [6.45, 7) is 0.712. The molecule has 1 aliphatic rings. The monoisotopic (exact) mass is 172 g/mol. The van der Waals surface area contributed by atoms with E-state index in [-0.39, 0.29) is 5.54 Å². The molecule has 0 amide bonds. The number of nitrogens with one attached hydrogen (secondary N) is 1. The lowest BCUT2D eigenvalue weighted by Crippen LogP contribution is -2.53. The Morgan fingerprint density at radius 2 is 2.42 bits per heavy atom. The van der Waals surface area contributed by atoms with Crippen LogP contribution in [0.3, 0.4) is 0 Å². The fourth-order valence-corrected chi connectivity index (χ4v) is 2.02. The van der Waals surface area contributed by atoms with Crippen LogP contribution in [0.1, 0.15) is 25.7 Å². The van der Waals surface area contributed by atoms with Gasteiger partial charge >= 0.3 is 0 Å². The van der Waals surface area contributed by atoms with Gasteiger partial charge in [-0.3, -0.25) is 0 Å². The molecule has 1 aliphatic carbocycles. The third kappa shape index (κ3) is 1.97. The van der Waals surface area contributed by atoms with E-state index in [9.17, 15) is 0 Å². The number of likely N-dealkylation sites (N-methyl/N-ethyl adjacent to an activating group) is 1. The van der Waals surface area contributed by atoms with E-state index in [1.807, 2.05) is 7.05 Å². The highest BCUT2D eigenvalue weighted by Crippen LogP contribution is 2.28. The third-order valence-electron chi connectivity index (χ3n) is 3.05. The molecule has 0 spiro atoms. The van der Waals surface area contributed by atoms with Gasteiger partial charge in [-0.25, -0.2) is 0 Å². The maximum atomic E-state index is 5.75. The summed E-state index contributed by atoms with van der Waals surface area (Å²) in [6, 6.07) is 0. The molecule has 0 aromatic rings. The third-order valence-corrected chi connectivity index (χ3v) is 3.05. The Kier molecular flexibility index (Phi) is 3.50. The fourth-order valence-electron chi connectivity index (χ4n) is 2.02. The highest BCUT2D eigenvalue weighted by Gasteiger charge is 2.33. The minimum atomic E-state index is 0.138. The van der Waals surface area contributed by atoms with Crippen molar-refractivity contribution in [3.05, 3.63) is 0 Å². The fraction of sp³-hybridized carbons (Fsp3) is 1.00. The minimum absolute atomic E-state index is 0.138. The van der Waals surface area contributed by atoms with Crippen molar-refractivity contribution >= 4 is 0 Å². The molecule has 0 saturated heterocycles. The van der Waals surface area contributed by atoms with Crippen molar-refractivity contribution in [2.45, 2.75) is 37.3 Å². The zero-order valence-corrected chi connectivity index (χ0v) is 8.10. The zero-order chi connectivity index (χ0) is 9.03. The van der Waals surface area contributed by atoms with Gasteiger partial charge in [-0.15, -0.1) is 0 Å². The summed E-state index contributed by atoms with van der Waals surface area (Å²) >= 11 is 0. The first-order valence-corrected chi connectivity index (χ1v) is 4.68. The molecule has 2 atom stereocenters. The lowest BCUT2D eigenvalue weighted by atomic mass is 9.80. The Hall–Kier alpha value is -0.120. The van der Waals surface area contributed by atoms with Crippen molar-refractivity contribution in [1.29, 1.82) is 0 Å². The highest BCUT2D eigenvalue weighted by atomic mass is 16.5. The summed E-state index contributed by atoms with van der Waals surface area (Å²) in [6.07, 6.45) is 5.03. The molecule has 0 aliphatic heterocycles. The standard InChI is InChI=1S/C9H20N2O/c1-11-9(7-10)5-3-4-8(6-9)12-2/h8,11H,3-7,10H2,1-2H3. The summed E-state index contributed by atoms with van der Waals surface area (Å²) in [5.74, 6) is 0. The van der Waals surface area contributed by atoms with Crippen LogP contribution < -0.4 is 11.1 Å². The van der Waals surface area contributed by atoms with E-state index in [1.165, 1.54) is 19.3 Å². The summed E-state index contributed by atoms with van der Waals surface area (Å²) in [4.78, 5) is 0. The maximum Gasteiger partial charge on any atom is 0.0589 e. The maximum absolute atomic E-state index is 5.75. The summed E-state index contributed by atoms with van der Waals surface area (Å²) in [7, 11) is 3.78. The van der Waals surface area contributed by atoms with Crippen LogP contribution in [0.25, 0.3) is 0 Å². The van der Waals surface area contributed by atoms with Crippen molar-refractivity contribution < 1.29 is 4.74 Å². The van der Waals surface area contributed by atoms with Crippen molar-refractivity contribution in [1.82, 2.24) is 5.32 Å². The van der Waals surface area contributed by atoms with Gasteiger partial charge in [0.1, 0.15) is 0 Å². The van der Waals surface area contributed by atoms with E-state index in [4.69, 9.17) is 10.5 Å². The summed E-state index contributed by atoms with van der Waals surface area (Å²) in [5.41, 5.74) is 5.89. The molecule has 1 saturated carbocycles. The molecular formula is C9H20N2O. The zero-order valence-electron chi connectivity index (χ0n) is 8.10. The molecule has 0 aromatic heterocycles. The van der Waals surface area contributed by atoms with Crippen LogP contribution >= 0.6 is 0 Å². The summed E-state index contributed by atoms with van der Waals surface area (Å²) < 4.78 is 5.35. The van der Waals surface area contributed by atoms with Crippen molar-refractivity contribution in [2.24, 2.45) is 5.73 Å². The minimum Gasteiger partial charge on any atom is -0.381 e. The van der Waals surface area contributed by atoms with Gasteiger partial charge in [-0.05, 0) is 32.7 Å². The van der Waals surface area contributed by atoms with Crippen LogP contribution in [0.4, 0.5) is 0 Å². The van der Waals surface area contributed by atoms with Crippen LogP contribution in [0.2, 0.25) is 0 Å². The number of rotatable bonds is 3. The largest absolute Gasteiger partial charge is 0.381 e. The Bertz CT molecular complexity index is 134. The first-order valence-electron chi connectivity index (χ1n) is 4.68. The Morgan fingerprint density at radius 3 is 2.92 bits per heavy atom. The first-order chi connectivity index (χ1) is 5.76. The summed E-state index contributed by atoms with van der Waals surface area (Å²) in [5, 5.41) is 3.33. The lowest BCUT2D eigenvalue weighted by molar-refractivity contribution is 0.0351. The van der Waals surface area contributed by atoms with E-state index in [0.29, 0.717) is 12.6 Å². The highest BCUT2D eigenvalue weighted by molar-refractivity contribution is 4.93. The molecule has 0 radical (unpaired) electrons. The van der Waals surface area contributed by atoms with Gasteiger partial charge in [0, 0.05) is 19.2 Å². The topological polar surface area (TPSA) is 47.3 Å². The van der Waals surface area contributed by atoms with Gasteiger partial charge in [0.25, 0.3) is 0 Å². The average molecular weight is 172 g/mol. The van der Waals surface area contributed by atoms with Gasteiger partial charge in [-0.2, -0.15) is 0 Å². The smallest absolute Gasteiger partial charge is 0.0589 e. The molecule has 72 valence electrons. The van der Waals surface area contributed by atoms with Crippen molar-refractivity contribution in [3.63, 3.8) is 0 Å². The molecular weight excluding hydrogens is 152 g/mol. The van der Waals surface area contributed by atoms with Crippen molar-refractivity contribution in [2.75, 3.05) is 20.7 Å². The predicted octanol–water partition coefficient (Wildman–Crippen LogP) is 0.492. The molecule has 3 N–H and O–H groups in total. The van der Waals surface area contributed by atoms with Gasteiger partial charge in [0.15, 0.2) is 0 Å². The van der Waals surface area contributed by atoms with Crippen molar-refractivity contribution in [3.8, 4) is 0 Å². The average Bonchev–Trinajstić information content (AvgIpc) is 2.18. The van der Waals surface area contributed by atoms with Crippen LogP contribution in [0.5, 0.6) is 0 Å². The quantitative estimate of drug-likeness (QED) is 0.651. The molecule has 3 nitrogen and oxygen atoms in total. The molecule has 12 heavy (non-hydrogen) atoms. The van der Waals surface area contributed by atoms with E-state index >= 15 is 0 Å². The van der Waals surface area contributed by atoms with E-state index in [0.717, 1.165) is 6.42 Å². The lowest BCUT2D eigenvalue weighted by Gasteiger charge is -2.39. The molecule has 0 bridgehead atoms. The van der Waals surface area contributed by atoms with Crippen LogP contribution in [0.15, 0.2) is 0 Å². The number of hydrogen-bond donors (Lipinski definition) is 2. The van der Waals surface area contributed by atoms with Crippen LogP contribution in [-0.4, -0.2) is 32.3 Å². The van der Waals surface area contributed by atoms with Crippen LogP contribution in [-0.2, 0) is 4.74 Å². The van der Waals surface area contributed by atoms with Gasteiger partial charge in [0.05, 0.1) is 6.10 Å². The van der Waals surface area contributed by atoms with Gasteiger partial charge < -0.3 is 15.8 Å². The Balaban J connectivity index is 2.52. The van der Waals surface area contributed by atoms with E-state index in [1.54, 1.807) is 7.11 Å². The van der Waals surface area contributed by atoms with Gasteiger partial charge in [-0.1, -0.05) is 0 Å². The van der Waals surface area contributed by atoms with E-state index in [2.05, 4.69) is 5.32 Å². The predicted molar refractivity (Wildman–Crippen MR) is 50.1 cm³/mol. The molecule has 1 rings (SSSR count). The number of ether oxygens (including phenoxy) is 1.